The number of amides is 2. The lowest BCUT2D eigenvalue weighted by Gasteiger charge is -2.32. The van der Waals surface area contributed by atoms with E-state index in [2.05, 4.69) is 5.32 Å². The molecular weight excluding hydrogens is 609 g/mol. The van der Waals surface area contributed by atoms with Crippen molar-refractivity contribution in [1.82, 2.24) is 10.2 Å². The average Bonchev–Trinajstić information content (AvgIpc) is 2.94. The molecule has 12 heteroatoms. The maximum Gasteiger partial charge on any atom is 0.264 e. The number of ether oxygens (including phenoxy) is 1. The number of nitrogens with one attached hydrogen (secondary N) is 1. The molecule has 0 bridgehead atoms. The Morgan fingerprint density at radius 1 is 0.927 bits per heavy atom. The molecule has 0 aliphatic heterocycles. The highest BCUT2D eigenvalue weighted by atomic mass is 35.5. The van der Waals surface area contributed by atoms with Gasteiger partial charge in [0.15, 0.2) is 0 Å². The quantitative estimate of drug-likeness (QED) is 0.261. The Morgan fingerprint density at radius 2 is 1.56 bits per heavy atom. The summed E-state index contributed by atoms with van der Waals surface area (Å²) in [5, 5.41) is 3.67. The molecule has 0 fully saturated rings. The number of rotatable bonds is 12. The average molecular weight is 641 g/mol. The normalized spacial score (nSPS) is 12.1. The number of hydrogen-bond donors (Lipinski definition) is 1. The standard InChI is InChI=1S/C29H32Cl3N3O5S/c1-19(2)16-33-29(37)20(3)34(17-23-24(31)11-8-12-25(23)32)28(36)18-35(26-15-21(30)13-14-27(26)40-4)41(38,39)22-9-6-5-7-10-22/h5-15,19-20H,16-18H2,1-4H3,(H,33,37). The van der Waals surface area contributed by atoms with Crippen LogP contribution in [0.25, 0.3) is 0 Å². The minimum atomic E-state index is -4.29. The Kier molecular flexibility index (Phi) is 11.3. The molecule has 41 heavy (non-hydrogen) atoms. The lowest BCUT2D eigenvalue weighted by atomic mass is 10.1. The van der Waals surface area contributed by atoms with E-state index in [4.69, 9.17) is 39.5 Å². The van der Waals surface area contributed by atoms with E-state index in [1.165, 1.54) is 36.3 Å². The van der Waals surface area contributed by atoms with Crippen LogP contribution in [0.1, 0.15) is 26.3 Å². The van der Waals surface area contributed by atoms with Gasteiger partial charge in [0.1, 0.15) is 18.3 Å². The van der Waals surface area contributed by atoms with Gasteiger partial charge in [0, 0.05) is 33.7 Å². The molecule has 0 radical (unpaired) electrons. The van der Waals surface area contributed by atoms with Crippen molar-refractivity contribution in [2.45, 2.75) is 38.3 Å². The van der Waals surface area contributed by atoms with E-state index >= 15 is 0 Å². The van der Waals surface area contributed by atoms with Crippen LogP contribution in [-0.2, 0) is 26.2 Å². The lowest BCUT2D eigenvalue weighted by molar-refractivity contribution is -0.139. The van der Waals surface area contributed by atoms with Gasteiger partial charge < -0.3 is 15.0 Å². The fourth-order valence-corrected chi connectivity index (χ4v) is 6.10. The first kappa shape index (κ1) is 32.5. The van der Waals surface area contributed by atoms with E-state index < -0.39 is 34.4 Å². The summed E-state index contributed by atoms with van der Waals surface area (Å²) in [7, 11) is -2.91. The summed E-state index contributed by atoms with van der Waals surface area (Å²) in [5.74, 6) is -0.719. The highest BCUT2D eigenvalue weighted by Gasteiger charge is 2.34. The molecule has 1 unspecified atom stereocenters. The summed E-state index contributed by atoms with van der Waals surface area (Å²) in [6, 6.07) is 16.1. The molecule has 0 aliphatic rings. The van der Waals surface area contributed by atoms with E-state index in [-0.39, 0.29) is 33.8 Å². The SMILES string of the molecule is COc1ccc(Cl)cc1N(CC(=O)N(Cc1c(Cl)cccc1Cl)C(C)C(=O)NCC(C)C)S(=O)(=O)c1ccccc1. The molecule has 2 amide bonds. The maximum absolute atomic E-state index is 14.1. The molecule has 0 spiro atoms. The maximum atomic E-state index is 14.1. The molecular formula is C29H32Cl3N3O5S. The Labute approximate surface area is 256 Å². The minimum Gasteiger partial charge on any atom is -0.495 e. The number of hydrogen-bond acceptors (Lipinski definition) is 5. The third-order valence-electron chi connectivity index (χ3n) is 6.26. The van der Waals surface area contributed by atoms with E-state index in [1.807, 2.05) is 13.8 Å². The molecule has 3 aromatic rings. The highest BCUT2D eigenvalue weighted by Crippen LogP contribution is 2.35. The van der Waals surface area contributed by atoms with Gasteiger partial charge in [0.05, 0.1) is 17.7 Å². The third kappa shape index (κ3) is 8.07. The van der Waals surface area contributed by atoms with E-state index in [1.54, 1.807) is 49.4 Å². The summed E-state index contributed by atoms with van der Waals surface area (Å²) < 4.78 is 34.3. The van der Waals surface area contributed by atoms with Crippen LogP contribution >= 0.6 is 34.8 Å². The molecule has 0 heterocycles. The van der Waals surface area contributed by atoms with Gasteiger partial charge in [0.2, 0.25) is 11.8 Å². The predicted octanol–water partition coefficient (Wildman–Crippen LogP) is 6.04. The number of carbonyl (C=O) groups excluding carboxylic acids is 2. The van der Waals surface area contributed by atoms with Crippen LogP contribution in [0.2, 0.25) is 15.1 Å². The van der Waals surface area contributed by atoms with Crippen LogP contribution in [-0.4, -0.2) is 51.4 Å². The van der Waals surface area contributed by atoms with Crippen molar-refractivity contribution in [2.24, 2.45) is 5.92 Å². The zero-order chi connectivity index (χ0) is 30.3. The van der Waals surface area contributed by atoms with Crippen molar-refractivity contribution in [1.29, 1.82) is 0 Å². The molecule has 1 N–H and O–H groups in total. The molecule has 0 aliphatic carbocycles. The molecule has 8 nitrogen and oxygen atoms in total. The van der Waals surface area contributed by atoms with Crippen LogP contribution < -0.4 is 14.4 Å². The summed E-state index contributed by atoms with van der Waals surface area (Å²) in [4.78, 5) is 28.4. The Morgan fingerprint density at radius 3 is 2.15 bits per heavy atom. The fourth-order valence-electron chi connectivity index (χ4n) is 3.98. The summed E-state index contributed by atoms with van der Waals surface area (Å²) in [6.07, 6.45) is 0. The minimum absolute atomic E-state index is 0.0433. The Hall–Kier alpha value is -2.98. The second-order valence-corrected chi connectivity index (χ2v) is 12.8. The largest absolute Gasteiger partial charge is 0.495 e. The number of methoxy groups -OCH3 is 1. The van der Waals surface area contributed by atoms with Crippen molar-refractivity contribution in [2.75, 3.05) is 24.5 Å². The van der Waals surface area contributed by atoms with Crippen molar-refractivity contribution in [3.8, 4) is 5.75 Å². The van der Waals surface area contributed by atoms with Crippen molar-refractivity contribution in [3.05, 3.63) is 87.4 Å². The summed E-state index contributed by atoms with van der Waals surface area (Å²) in [5.41, 5.74) is 0.482. The zero-order valence-corrected chi connectivity index (χ0v) is 26.2. The van der Waals surface area contributed by atoms with E-state index in [9.17, 15) is 18.0 Å². The van der Waals surface area contributed by atoms with Crippen LogP contribution in [0.3, 0.4) is 0 Å². The molecule has 0 saturated heterocycles. The summed E-state index contributed by atoms with van der Waals surface area (Å²) >= 11 is 19.1. The Bertz CT molecular complexity index is 1470. The number of halogens is 3. The Balaban J connectivity index is 2.11. The molecule has 3 rings (SSSR count). The molecule has 0 saturated carbocycles. The van der Waals surface area contributed by atoms with Gasteiger partial charge in [-0.05, 0) is 55.3 Å². The first-order chi connectivity index (χ1) is 19.4. The second kappa shape index (κ2) is 14.3. The zero-order valence-electron chi connectivity index (χ0n) is 23.1. The predicted molar refractivity (Wildman–Crippen MR) is 163 cm³/mol. The number of benzene rings is 3. The number of sulfonamides is 1. The number of anilines is 1. The third-order valence-corrected chi connectivity index (χ3v) is 8.98. The van der Waals surface area contributed by atoms with Gasteiger partial charge in [-0.25, -0.2) is 8.42 Å². The van der Waals surface area contributed by atoms with E-state index in [0.717, 1.165) is 4.31 Å². The lowest BCUT2D eigenvalue weighted by Crippen LogP contribution is -2.51. The van der Waals surface area contributed by atoms with Gasteiger partial charge >= 0.3 is 0 Å². The van der Waals surface area contributed by atoms with Gasteiger partial charge in [-0.2, -0.15) is 0 Å². The topological polar surface area (TPSA) is 96.0 Å². The smallest absolute Gasteiger partial charge is 0.264 e. The first-order valence-electron chi connectivity index (χ1n) is 12.8. The van der Waals surface area contributed by atoms with Crippen LogP contribution in [0, 0.1) is 5.92 Å². The second-order valence-electron chi connectivity index (χ2n) is 9.68. The number of nitrogens with zero attached hydrogens (tertiary/aromatic N) is 2. The van der Waals surface area contributed by atoms with Crippen LogP contribution in [0.4, 0.5) is 5.69 Å². The van der Waals surface area contributed by atoms with Gasteiger partial charge in [-0.3, -0.25) is 13.9 Å². The summed E-state index contributed by atoms with van der Waals surface area (Å²) in [6.45, 7) is 5.04. The molecule has 220 valence electrons. The van der Waals surface area contributed by atoms with Crippen LogP contribution in [0.15, 0.2) is 71.6 Å². The van der Waals surface area contributed by atoms with Gasteiger partial charge in [-0.1, -0.05) is 72.9 Å². The number of carbonyl (C=O) groups is 2. The molecule has 3 aromatic carbocycles. The van der Waals surface area contributed by atoms with Crippen LogP contribution in [0.5, 0.6) is 5.75 Å². The van der Waals surface area contributed by atoms with E-state index in [0.29, 0.717) is 22.2 Å². The van der Waals surface area contributed by atoms with Crippen molar-refractivity contribution in [3.63, 3.8) is 0 Å². The van der Waals surface area contributed by atoms with Gasteiger partial charge in [0.25, 0.3) is 10.0 Å². The van der Waals surface area contributed by atoms with Gasteiger partial charge in [-0.15, -0.1) is 0 Å². The molecule has 0 aromatic heterocycles. The highest BCUT2D eigenvalue weighted by molar-refractivity contribution is 7.92. The first-order valence-corrected chi connectivity index (χ1v) is 15.4. The van der Waals surface area contributed by atoms with Crippen molar-refractivity contribution >= 4 is 62.3 Å². The monoisotopic (exact) mass is 639 g/mol. The van der Waals surface area contributed by atoms with Crippen molar-refractivity contribution < 1.29 is 22.7 Å². The fraction of sp³-hybridized carbons (Fsp3) is 0.310. The molecule has 1 atom stereocenters.